The van der Waals surface area contributed by atoms with Crippen LogP contribution in [0.2, 0.25) is 0 Å². The summed E-state index contributed by atoms with van der Waals surface area (Å²) in [6.45, 7) is -1.82. The molecule has 4 heterocycles. The predicted molar refractivity (Wildman–Crippen MR) is 117 cm³/mol. The highest BCUT2D eigenvalue weighted by atomic mass is 31.3. The summed E-state index contributed by atoms with van der Waals surface area (Å²) in [7, 11) is -11.0. The molecule has 0 amide bonds. The number of nitrogens with two attached hydrogens (primary N) is 1. The Morgan fingerprint density at radius 1 is 0.921 bits per heavy atom. The number of nitrogens with zero attached hydrogens (tertiary/aromatic N) is 4. The third-order valence-electron chi connectivity index (χ3n) is 5.69. The second-order valence-electron chi connectivity index (χ2n) is 8.25. The summed E-state index contributed by atoms with van der Waals surface area (Å²) < 4.78 is 49.3. The van der Waals surface area contributed by atoms with Gasteiger partial charge < -0.3 is 55.6 Å². The van der Waals surface area contributed by atoms with E-state index in [0.29, 0.717) is 0 Å². The molecule has 2 aliphatic heterocycles. The lowest BCUT2D eigenvalue weighted by Crippen LogP contribution is -2.58. The maximum atomic E-state index is 12.3. The molecule has 22 heteroatoms. The Bertz CT molecular complexity index is 1230. The van der Waals surface area contributed by atoms with E-state index in [1.807, 2.05) is 0 Å². The number of fused-ring (bicyclic) bond motifs is 1. The van der Waals surface area contributed by atoms with E-state index in [1.165, 1.54) is 10.9 Å². The fourth-order valence-electron chi connectivity index (χ4n) is 3.78. The lowest BCUT2D eigenvalue weighted by Gasteiger charge is -2.39. The van der Waals surface area contributed by atoms with Crippen LogP contribution in [0.15, 0.2) is 12.7 Å². The maximum absolute atomic E-state index is 12.3. The van der Waals surface area contributed by atoms with Gasteiger partial charge in [0.25, 0.3) is 0 Å². The van der Waals surface area contributed by atoms with Crippen LogP contribution in [0.25, 0.3) is 11.2 Å². The third-order valence-corrected chi connectivity index (χ3v) is 8.29. The van der Waals surface area contributed by atoms with Crippen molar-refractivity contribution in [3.63, 3.8) is 0 Å². The summed E-state index contributed by atoms with van der Waals surface area (Å²) in [6.07, 6.45) is -13.3. The molecule has 10 N–H and O–H groups in total. The Hall–Kier alpha value is -1.71. The molecular formula is C16H25N5O15P2. The van der Waals surface area contributed by atoms with E-state index >= 15 is 0 Å². The van der Waals surface area contributed by atoms with E-state index < -0.39 is 84.1 Å². The molecule has 0 saturated carbocycles. The van der Waals surface area contributed by atoms with E-state index in [0.717, 1.165) is 6.33 Å². The molecule has 5 unspecified atom stereocenters. The van der Waals surface area contributed by atoms with Gasteiger partial charge in [0.2, 0.25) is 0 Å². The van der Waals surface area contributed by atoms with Crippen LogP contribution >= 0.6 is 15.6 Å². The minimum Gasteiger partial charge on any atom is -0.394 e. The average Bonchev–Trinajstić information content (AvgIpc) is 3.39. The fraction of sp³-hybridized carbons (Fsp3) is 0.688. The van der Waals surface area contributed by atoms with Gasteiger partial charge in [-0.1, -0.05) is 0 Å². The van der Waals surface area contributed by atoms with Gasteiger partial charge >= 0.3 is 15.6 Å². The van der Waals surface area contributed by atoms with Gasteiger partial charge in [0.15, 0.2) is 24.0 Å². The molecule has 0 aliphatic carbocycles. The quantitative estimate of drug-likeness (QED) is 0.126. The minimum absolute atomic E-state index is 0.0411. The van der Waals surface area contributed by atoms with Crippen molar-refractivity contribution in [1.29, 1.82) is 0 Å². The molecule has 214 valence electrons. The molecule has 0 spiro atoms. The lowest BCUT2D eigenvalue weighted by molar-refractivity contribution is -0.280. The number of hydrogen-bond donors (Lipinski definition) is 9. The molecule has 0 aromatic carbocycles. The second-order valence-corrected chi connectivity index (χ2v) is 11.2. The van der Waals surface area contributed by atoms with E-state index in [4.69, 9.17) is 20.3 Å². The Morgan fingerprint density at radius 3 is 2.29 bits per heavy atom. The van der Waals surface area contributed by atoms with Crippen LogP contribution in [0.5, 0.6) is 0 Å². The second kappa shape index (κ2) is 11.0. The largest absolute Gasteiger partial charge is 0.483 e. The molecule has 4 rings (SSSR count). The summed E-state index contributed by atoms with van der Waals surface area (Å²) in [4.78, 5) is 31.5. The predicted octanol–water partition coefficient (Wildman–Crippen LogP) is -3.92. The van der Waals surface area contributed by atoms with E-state index in [2.05, 4.69) is 28.3 Å². The van der Waals surface area contributed by atoms with Crippen LogP contribution in [-0.2, 0) is 32.0 Å². The van der Waals surface area contributed by atoms with Crippen molar-refractivity contribution in [3.05, 3.63) is 12.7 Å². The van der Waals surface area contributed by atoms with Crippen molar-refractivity contribution in [2.45, 2.75) is 55.2 Å². The van der Waals surface area contributed by atoms with Gasteiger partial charge in [0.05, 0.1) is 19.5 Å². The van der Waals surface area contributed by atoms with E-state index in [-0.39, 0.29) is 17.0 Å². The number of hydrogen-bond acceptors (Lipinski definition) is 17. The van der Waals surface area contributed by atoms with Crippen LogP contribution in [-0.4, -0.2) is 122 Å². The van der Waals surface area contributed by atoms with Crippen LogP contribution in [0.3, 0.4) is 0 Å². The average molecular weight is 589 g/mol. The van der Waals surface area contributed by atoms with Gasteiger partial charge in [0, 0.05) is 0 Å². The van der Waals surface area contributed by atoms with Crippen molar-refractivity contribution in [2.24, 2.45) is 0 Å². The first-order chi connectivity index (χ1) is 17.7. The van der Waals surface area contributed by atoms with Crippen LogP contribution in [0.1, 0.15) is 6.23 Å². The highest BCUT2D eigenvalue weighted by Crippen LogP contribution is 2.61. The van der Waals surface area contributed by atoms with Crippen molar-refractivity contribution in [3.8, 4) is 0 Å². The zero-order chi connectivity index (χ0) is 28.0. The molecule has 20 nitrogen and oxygen atoms in total. The number of anilines is 1. The first-order valence-corrected chi connectivity index (χ1v) is 13.7. The van der Waals surface area contributed by atoms with Gasteiger partial charge in [-0.25, -0.2) is 24.1 Å². The van der Waals surface area contributed by atoms with Crippen molar-refractivity contribution >= 4 is 32.6 Å². The van der Waals surface area contributed by atoms with Gasteiger partial charge in [-0.2, -0.15) is 4.31 Å². The normalized spacial score (nSPS) is 37.2. The summed E-state index contributed by atoms with van der Waals surface area (Å²) in [5, 5.41) is 59.2. The number of rotatable bonds is 9. The van der Waals surface area contributed by atoms with Crippen molar-refractivity contribution in [2.75, 3.05) is 18.9 Å². The summed E-state index contributed by atoms with van der Waals surface area (Å²) >= 11 is 0. The summed E-state index contributed by atoms with van der Waals surface area (Å²) in [6, 6.07) is 0. The number of aliphatic hydroxyl groups is 6. The highest BCUT2D eigenvalue weighted by molar-refractivity contribution is 7.61. The molecule has 38 heavy (non-hydrogen) atoms. The molecule has 2 aromatic heterocycles. The Kier molecular flexibility index (Phi) is 8.51. The summed E-state index contributed by atoms with van der Waals surface area (Å²) in [5.41, 5.74) is 6.05. The molecule has 2 saturated heterocycles. The van der Waals surface area contributed by atoms with Crippen LogP contribution < -0.4 is 5.73 Å². The molecule has 2 aromatic rings. The van der Waals surface area contributed by atoms with Gasteiger partial charge in [-0.3, -0.25) is 13.6 Å². The number of imidazole rings is 1. The number of phosphoric acid groups is 2. The number of phosphoric ester groups is 2. The smallest absolute Gasteiger partial charge is 0.394 e. The zero-order valence-corrected chi connectivity index (χ0v) is 20.7. The highest BCUT2D eigenvalue weighted by Gasteiger charge is 2.49. The monoisotopic (exact) mass is 589 g/mol. The first kappa shape index (κ1) is 29.3. The topological polar surface area (TPSA) is 312 Å². The Labute approximate surface area is 212 Å². The van der Waals surface area contributed by atoms with Crippen molar-refractivity contribution < 1.29 is 72.4 Å². The lowest BCUT2D eigenvalue weighted by atomic mass is 10.00. The maximum Gasteiger partial charge on any atom is 0.483 e. The standard InChI is InChI=1S/C16H25N5O15P2/c17-13-7-14(19-3-18-13)21(4-20-7)15-11(26)9(24)6(33-15)2-32-37(28,29)36-38(30,31)35-16-12(27)10(25)8(23)5(1-22)34-16/h3-6,8-12,15-16,22-27H,1-2H2,(H,28,29)(H,30,31)(H2,17,18,19)/t5?,6-,8-,9?,10+,11+,12?,15-,16+/m1/s1. The molecule has 0 radical (unpaired) electrons. The van der Waals surface area contributed by atoms with Crippen LogP contribution in [0, 0.1) is 0 Å². The van der Waals surface area contributed by atoms with E-state index in [1.54, 1.807) is 0 Å². The zero-order valence-electron chi connectivity index (χ0n) is 19.0. The Morgan fingerprint density at radius 2 is 1.61 bits per heavy atom. The fourth-order valence-corrected chi connectivity index (χ4v) is 5.94. The van der Waals surface area contributed by atoms with E-state index in [9.17, 15) is 44.4 Å². The van der Waals surface area contributed by atoms with Gasteiger partial charge in [-0.05, 0) is 0 Å². The number of aliphatic hydroxyl groups excluding tert-OH is 6. The molecule has 2 fully saturated rings. The number of aromatic nitrogens is 4. The molecule has 2 aliphatic rings. The molecule has 0 bridgehead atoms. The first-order valence-electron chi connectivity index (χ1n) is 10.7. The van der Waals surface area contributed by atoms with Gasteiger partial charge in [0.1, 0.15) is 54.6 Å². The summed E-state index contributed by atoms with van der Waals surface area (Å²) in [5.74, 6) is 0.0411. The van der Waals surface area contributed by atoms with Crippen molar-refractivity contribution in [1.82, 2.24) is 19.5 Å². The molecular weight excluding hydrogens is 564 g/mol. The molecule has 11 atom stereocenters. The van der Waals surface area contributed by atoms with Gasteiger partial charge in [-0.15, -0.1) is 0 Å². The third kappa shape index (κ3) is 5.89. The number of nitrogen functional groups attached to an aromatic ring is 1. The Balaban J connectivity index is 1.38. The minimum atomic E-state index is -5.56. The number of ether oxygens (including phenoxy) is 2. The van der Waals surface area contributed by atoms with Crippen LogP contribution in [0.4, 0.5) is 5.82 Å². The SMILES string of the molecule is Nc1ncnc2c1ncn2[C@@H]1O[C@H](COP(=O)(O)OP(=O)(O)O[C@@H]2OC(CO)[C@@H](O)[C@H](O)C2O)C(O)[C@@H]1O.